The zero-order valence-corrected chi connectivity index (χ0v) is 12.9. The number of fused-ring (bicyclic) bond motifs is 1. The van der Waals surface area contributed by atoms with Crippen LogP contribution in [0, 0.1) is 0 Å². The van der Waals surface area contributed by atoms with Crippen molar-refractivity contribution < 1.29 is 9.90 Å². The number of hydrogen-bond acceptors (Lipinski definition) is 6. The van der Waals surface area contributed by atoms with Crippen LogP contribution in [-0.4, -0.2) is 50.9 Å². The van der Waals surface area contributed by atoms with Crippen LogP contribution < -0.4 is 5.32 Å². The van der Waals surface area contributed by atoms with Gasteiger partial charge in [-0.05, 0) is 25.1 Å². The van der Waals surface area contributed by atoms with Gasteiger partial charge < -0.3 is 10.4 Å². The summed E-state index contributed by atoms with van der Waals surface area (Å²) in [6.45, 7) is 3.76. The van der Waals surface area contributed by atoms with E-state index in [2.05, 4.69) is 21.0 Å². The molecule has 114 valence electrons. The lowest BCUT2D eigenvalue weighted by Gasteiger charge is -2.20. The van der Waals surface area contributed by atoms with E-state index in [-0.39, 0.29) is 19.1 Å². The molecule has 7 heteroatoms. The maximum atomic E-state index is 12.1. The zero-order valence-electron chi connectivity index (χ0n) is 12.1. The van der Waals surface area contributed by atoms with Gasteiger partial charge in [0.1, 0.15) is 11.0 Å². The normalized spacial score (nSPS) is 11.2. The summed E-state index contributed by atoms with van der Waals surface area (Å²) in [4.78, 5) is 14.1. The van der Waals surface area contributed by atoms with E-state index in [0.717, 1.165) is 42.1 Å². The molecule has 0 spiro atoms. The number of hydrogen-bond donors (Lipinski definition) is 2. The molecule has 1 amide bonds. The number of nitrogens with one attached hydrogen (secondary N) is 1. The van der Waals surface area contributed by atoms with Crippen LogP contribution in [0.2, 0.25) is 0 Å². The molecule has 0 saturated carbocycles. The summed E-state index contributed by atoms with van der Waals surface area (Å²) in [5, 5.41) is 11.9. The molecule has 1 aromatic heterocycles. The van der Waals surface area contributed by atoms with Crippen LogP contribution in [0.25, 0.3) is 11.0 Å². The highest BCUT2D eigenvalue weighted by Crippen LogP contribution is 2.20. The van der Waals surface area contributed by atoms with E-state index in [1.807, 2.05) is 23.1 Å². The number of carbonyl (C=O) groups excluding carboxylic acids is 1. The minimum absolute atomic E-state index is 0.0581. The summed E-state index contributed by atoms with van der Waals surface area (Å²) in [6.07, 6.45) is 2.08. The topological polar surface area (TPSA) is 78.4 Å². The van der Waals surface area contributed by atoms with Crippen molar-refractivity contribution in [1.29, 1.82) is 0 Å². The summed E-state index contributed by atoms with van der Waals surface area (Å²) < 4.78 is 8.35. The first kappa shape index (κ1) is 15.8. The molecule has 2 rings (SSSR count). The summed E-state index contributed by atoms with van der Waals surface area (Å²) in [5.41, 5.74) is 2.19. The average molecular weight is 308 g/mol. The fourth-order valence-electron chi connectivity index (χ4n) is 2.09. The van der Waals surface area contributed by atoms with E-state index >= 15 is 0 Å². The van der Waals surface area contributed by atoms with Crippen LogP contribution in [0.15, 0.2) is 18.2 Å². The van der Waals surface area contributed by atoms with E-state index in [1.165, 1.54) is 0 Å². The lowest BCUT2D eigenvalue weighted by atomic mass is 10.2. The SMILES string of the molecule is CCCCN(CCO)CC(=O)Nc1cccc2nsnc12. The molecule has 2 aromatic rings. The Morgan fingerprint density at radius 2 is 2.24 bits per heavy atom. The summed E-state index contributed by atoms with van der Waals surface area (Å²) >= 11 is 1.13. The maximum absolute atomic E-state index is 12.1. The first-order valence-corrected chi connectivity index (χ1v) is 7.82. The van der Waals surface area contributed by atoms with Crippen LogP contribution in [0.4, 0.5) is 5.69 Å². The third-order valence-electron chi connectivity index (χ3n) is 3.17. The number of aliphatic hydroxyl groups excluding tert-OH is 1. The standard InChI is InChI=1S/C14H20N4O2S/c1-2-3-7-18(8-9-19)10-13(20)15-11-5-4-6-12-14(11)17-21-16-12/h4-6,19H,2-3,7-10H2,1H3,(H,15,20). The summed E-state index contributed by atoms with van der Waals surface area (Å²) in [7, 11) is 0. The van der Waals surface area contributed by atoms with Crippen LogP contribution in [-0.2, 0) is 4.79 Å². The zero-order chi connectivity index (χ0) is 15.1. The first-order chi connectivity index (χ1) is 10.2. The third-order valence-corrected chi connectivity index (χ3v) is 3.71. The van der Waals surface area contributed by atoms with Gasteiger partial charge >= 0.3 is 0 Å². The molecule has 1 aromatic carbocycles. The number of aliphatic hydroxyl groups is 1. The average Bonchev–Trinajstić information content (AvgIpc) is 2.94. The van der Waals surface area contributed by atoms with Gasteiger partial charge in [-0.15, -0.1) is 0 Å². The first-order valence-electron chi connectivity index (χ1n) is 7.09. The number of carbonyl (C=O) groups is 1. The van der Waals surface area contributed by atoms with Crippen LogP contribution in [0.5, 0.6) is 0 Å². The lowest BCUT2D eigenvalue weighted by molar-refractivity contribution is -0.117. The number of nitrogens with zero attached hydrogens (tertiary/aromatic N) is 3. The molecule has 0 aliphatic rings. The predicted octanol–water partition coefficient (Wildman–Crippen LogP) is 1.72. The fourth-order valence-corrected chi connectivity index (χ4v) is 2.64. The molecule has 0 aliphatic heterocycles. The Bertz CT molecular complexity index is 587. The van der Waals surface area contributed by atoms with Crippen molar-refractivity contribution in [3.05, 3.63) is 18.2 Å². The second-order valence-electron chi connectivity index (χ2n) is 4.84. The van der Waals surface area contributed by atoms with Crippen molar-refractivity contribution in [2.45, 2.75) is 19.8 Å². The molecule has 0 saturated heterocycles. The largest absolute Gasteiger partial charge is 0.395 e. The van der Waals surface area contributed by atoms with Gasteiger partial charge in [-0.1, -0.05) is 19.4 Å². The number of amides is 1. The third kappa shape index (κ3) is 4.45. The van der Waals surface area contributed by atoms with Gasteiger partial charge in [0, 0.05) is 6.54 Å². The minimum Gasteiger partial charge on any atom is -0.395 e. The molecule has 21 heavy (non-hydrogen) atoms. The predicted molar refractivity (Wildman–Crippen MR) is 84.5 cm³/mol. The molecule has 0 radical (unpaired) electrons. The number of unbranched alkanes of at least 4 members (excludes halogenated alkanes) is 1. The fraction of sp³-hybridized carbons (Fsp3) is 0.500. The Hall–Kier alpha value is -1.57. The molecular weight excluding hydrogens is 288 g/mol. The van der Waals surface area contributed by atoms with Crippen molar-refractivity contribution in [2.24, 2.45) is 0 Å². The summed E-state index contributed by atoms with van der Waals surface area (Å²) in [6, 6.07) is 5.54. The van der Waals surface area contributed by atoms with Gasteiger partial charge in [0.05, 0.1) is 30.6 Å². The van der Waals surface area contributed by atoms with E-state index in [9.17, 15) is 4.79 Å². The number of anilines is 1. The molecule has 6 nitrogen and oxygen atoms in total. The van der Waals surface area contributed by atoms with Gasteiger partial charge in [0.2, 0.25) is 5.91 Å². The van der Waals surface area contributed by atoms with E-state index in [4.69, 9.17) is 5.11 Å². The van der Waals surface area contributed by atoms with Crippen LogP contribution in [0.1, 0.15) is 19.8 Å². The highest BCUT2D eigenvalue weighted by Gasteiger charge is 2.12. The van der Waals surface area contributed by atoms with Crippen molar-refractivity contribution in [3.8, 4) is 0 Å². The Morgan fingerprint density at radius 1 is 1.38 bits per heavy atom. The minimum atomic E-state index is -0.0972. The molecular formula is C14H20N4O2S. The van der Waals surface area contributed by atoms with Gasteiger partial charge in [-0.25, -0.2) is 0 Å². The Morgan fingerprint density at radius 3 is 3.00 bits per heavy atom. The molecule has 0 bridgehead atoms. The van der Waals surface area contributed by atoms with E-state index < -0.39 is 0 Å². The molecule has 2 N–H and O–H groups in total. The van der Waals surface area contributed by atoms with Crippen molar-refractivity contribution >= 4 is 34.4 Å². The Labute approximate surface area is 128 Å². The van der Waals surface area contributed by atoms with Gasteiger partial charge in [-0.2, -0.15) is 8.75 Å². The maximum Gasteiger partial charge on any atom is 0.238 e. The van der Waals surface area contributed by atoms with Crippen molar-refractivity contribution in [1.82, 2.24) is 13.6 Å². The Kier molecular flexibility index (Phi) is 6.04. The second-order valence-corrected chi connectivity index (χ2v) is 5.37. The number of rotatable bonds is 8. The number of aromatic nitrogens is 2. The van der Waals surface area contributed by atoms with Crippen molar-refractivity contribution in [2.75, 3.05) is 31.6 Å². The van der Waals surface area contributed by atoms with Crippen LogP contribution in [0.3, 0.4) is 0 Å². The molecule has 0 unspecified atom stereocenters. The number of benzene rings is 1. The quantitative estimate of drug-likeness (QED) is 0.776. The van der Waals surface area contributed by atoms with Crippen molar-refractivity contribution in [3.63, 3.8) is 0 Å². The molecule has 0 atom stereocenters. The van der Waals surface area contributed by atoms with Crippen LogP contribution >= 0.6 is 11.7 Å². The van der Waals surface area contributed by atoms with E-state index in [1.54, 1.807) is 0 Å². The highest BCUT2D eigenvalue weighted by molar-refractivity contribution is 7.00. The second kappa shape index (κ2) is 8.02. The lowest BCUT2D eigenvalue weighted by Crippen LogP contribution is -2.36. The highest BCUT2D eigenvalue weighted by atomic mass is 32.1. The smallest absolute Gasteiger partial charge is 0.238 e. The molecule has 1 heterocycles. The van der Waals surface area contributed by atoms with Gasteiger partial charge in [0.25, 0.3) is 0 Å². The van der Waals surface area contributed by atoms with Gasteiger partial charge in [-0.3, -0.25) is 9.69 Å². The molecule has 0 aliphatic carbocycles. The van der Waals surface area contributed by atoms with Gasteiger partial charge in [0.15, 0.2) is 0 Å². The molecule has 0 fully saturated rings. The summed E-state index contributed by atoms with van der Waals surface area (Å²) in [5.74, 6) is -0.0972. The monoisotopic (exact) mass is 308 g/mol. The van der Waals surface area contributed by atoms with E-state index in [0.29, 0.717) is 12.2 Å². The Balaban J connectivity index is 1.98.